The van der Waals surface area contributed by atoms with Crippen LogP contribution in [-0.4, -0.2) is 71.9 Å². The Balaban J connectivity index is 1.55. The van der Waals surface area contributed by atoms with Crippen LogP contribution in [0, 0.1) is 0 Å². The SMILES string of the molecule is CN(CC(=O)NC[C@@H]1COCCO1)c1ncnc2nc[nH]c12. The molecule has 1 saturated heterocycles. The summed E-state index contributed by atoms with van der Waals surface area (Å²) in [6.07, 6.45) is 2.90. The molecule has 1 atom stereocenters. The Bertz CT molecular complexity index is 639. The van der Waals surface area contributed by atoms with Gasteiger partial charge in [0.15, 0.2) is 11.5 Å². The van der Waals surface area contributed by atoms with Gasteiger partial charge in [0, 0.05) is 13.6 Å². The van der Waals surface area contributed by atoms with E-state index in [4.69, 9.17) is 9.47 Å². The Kier molecular flexibility index (Phi) is 4.45. The summed E-state index contributed by atoms with van der Waals surface area (Å²) in [7, 11) is 1.79. The number of carbonyl (C=O) groups is 1. The molecule has 0 radical (unpaired) electrons. The number of fused-ring (bicyclic) bond motifs is 1. The standard InChI is InChI=1S/C13H18N6O3/c1-19(13-11-12(16-7-15-11)17-8-18-13)5-10(20)14-4-9-6-21-2-3-22-9/h7-9H,2-6H2,1H3,(H,14,20)(H,15,16,17,18)/t9-/m1/s1. The quantitative estimate of drug-likeness (QED) is 0.754. The van der Waals surface area contributed by atoms with Crippen LogP contribution in [0.1, 0.15) is 0 Å². The number of anilines is 1. The van der Waals surface area contributed by atoms with Gasteiger partial charge in [-0.1, -0.05) is 0 Å². The molecular weight excluding hydrogens is 288 g/mol. The Hall–Kier alpha value is -2.26. The number of aromatic nitrogens is 4. The normalized spacial score (nSPS) is 18.3. The van der Waals surface area contributed by atoms with E-state index >= 15 is 0 Å². The van der Waals surface area contributed by atoms with Gasteiger partial charge < -0.3 is 24.7 Å². The lowest BCUT2D eigenvalue weighted by atomic mass is 10.3. The maximum Gasteiger partial charge on any atom is 0.239 e. The zero-order chi connectivity index (χ0) is 15.4. The first-order chi connectivity index (χ1) is 10.7. The van der Waals surface area contributed by atoms with E-state index in [9.17, 15) is 4.79 Å². The number of H-pyrrole nitrogens is 1. The van der Waals surface area contributed by atoms with E-state index in [2.05, 4.69) is 25.3 Å². The van der Waals surface area contributed by atoms with Crippen LogP contribution in [0.3, 0.4) is 0 Å². The van der Waals surface area contributed by atoms with Crippen molar-refractivity contribution in [3.8, 4) is 0 Å². The monoisotopic (exact) mass is 306 g/mol. The first-order valence-corrected chi connectivity index (χ1v) is 7.05. The molecule has 0 saturated carbocycles. The number of likely N-dealkylation sites (N-methyl/N-ethyl adjacent to an activating group) is 1. The number of carbonyl (C=O) groups excluding carboxylic acids is 1. The van der Waals surface area contributed by atoms with Gasteiger partial charge in [-0.2, -0.15) is 0 Å². The van der Waals surface area contributed by atoms with Gasteiger partial charge in [0.05, 0.1) is 38.8 Å². The molecule has 0 unspecified atom stereocenters. The molecule has 1 fully saturated rings. The number of nitrogens with zero attached hydrogens (tertiary/aromatic N) is 4. The van der Waals surface area contributed by atoms with Crippen molar-refractivity contribution in [3.63, 3.8) is 0 Å². The molecule has 22 heavy (non-hydrogen) atoms. The number of rotatable bonds is 5. The highest BCUT2D eigenvalue weighted by Gasteiger charge is 2.17. The molecular formula is C13H18N6O3. The summed E-state index contributed by atoms with van der Waals surface area (Å²) >= 11 is 0. The average molecular weight is 306 g/mol. The summed E-state index contributed by atoms with van der Waals surface area (Å²) < 4.78 is 10.8. The summed E-state index contributed by atoms with van der Waals surface area (Å²) in [4.78, 5) is 29.1. The Morgan fingerprint density at radius 3 is 3.18 bits per heavy atom. The number of nitrogens with one attached hydrogen (secondary N) is 2. The number of ether oxygens (including phenoxy) is 2. The molecule has 0 bridgehead atoms. The van der Waals surface area contributed by atoms with Gasteiger partial charge in [-0.25, -0.2) is 15.0 Å². The van der Waals surface area contributed by atoms with E-state index in [1.165, 1.54) is 6.33 Å². The predicted octanol–water partition coefficient (Wildman–Crippen LogP) is -0.679. The fourth-order valence-corrected chi connectivity index (χ4v) is 2.27. The fraction of sp³-hybridized carbons (Fsp3) is 0.538. The molecule has 2 aromatic rings. The number of hydrogen-bond acceptors (Lipinski definition) is 7. The summed E-state index contributed by atoms with van der Waals surface area (Å²) in [5, 5.41) is 2.84. The van der Waals surface area contributed by atoms with Crippen molar-refractivity contribution in [2.75, 3.05) is 44.9 Å². The number of amides is 1. The van der Waals surface area contributed by atoms with Gasteiger partial charge in [-0.05, 0) is 0 Å². The van der Waals surface area contributed by atoms with E-state index in [0.29, 0.717) is 43.3 Å². The molecule has 3 rings (SSSR count). The lowest BCUT2D eigenvalue weighted by Crippen LogP contribution is -2.43. The average Bonchev–Trinajstić information content (AvgIpc) is 3.02. The fourth-order valence-electron chi connectivity index (χ4n) is 2.27. The second-order valence-electron chi connectivity index (χ2n) is 5.03. The lowest BCUT2D eigenvalue weighted by molar-refractivity contribution is -0.122. The van der Waals surface area contributed by atoms with Crippen molar-refractivity contribution in [2.45, 2.75) is 6.10 Å². The molecule has 1 aliphatic rings. The van der Waals surface area contributed by atoms with Gasteiger partial charge in [0.1, 0.15) is 11.8 Å². The van der Waals surface area contributed by atoms with Crippen LogP contribution in [0.5, 0.6) is 0 Å². The van der Waals surface area contributed by atoms with E-state index in [1.54, 1.807) is 18.3 Å². The van der Waals surface area contributed by atoms with Crippen LogP contribution in [0.2, 0.25) is 0 Å². The van der Waals surface area contributed by atoms with E-state index in [1.807, 2.05) is 0 Å². The first-order valence-electron chi connectivity index (χ1n) is 7.05. The second kappa shape index (κ2) is 6.67. The molecule has 2 aromatic heterocycles. The molecule has 0 aliphatic carbocycles. The number of aromatic amines is 1. The largest absolute Gasteiger partial charge is 0.376 e. The van der Waals surface area contributed by atoms with Crippen molar-refractivity contribution in [1.29, 1.82) is 0 Å². The van der Waals surface area contributed by atoms with Gasteiger partial charge in [0.2, 0.25) is 5.91 Å². The zero-order valence-corrected chi connectivity index (χ0v) is 12.3. The minimum atomic E-state index is -0.108. The van der Waals surface area contributed by atoms with E-state index in [-0.39, 0.29) is 18.6 Å². The number of imidazole rings is 1. The van der Waals surface area contributed by atoms with Crippen molar-refractivity contribution < 1.29 is 14.3 Å². The third kappa shape index (κ3) is 3.31. The summed E-state index contributed by atoms with van der Waals surface area (Å²) in [5.41, 5.74) is 1.28. The smallest absolute Gasteiger partial charge is 0.239 e. The molecule has 118 valence electrons. The van der Waals surface area contributed by atoms with E-state index < -0.39 is 0 Å². The van der Waals surface area contributed by atoms with Gasteiger partial charge in [-0.3, -0.25) is 4.79 Å². The Morgan fingerprint density at radius 1 is 1.45 bits per heavy atom. The van der Waals surface area contributed by atoms with Crippen molar-refractivity contribution in [3.05, 3.63) is 12.7 Å². The highest BCUT2D eigenvalue weighted by molar-refractivity contribution is 5.86. The molecule has 3 heterocycles. The summed E-state index contributed by atoms with van der Waals surface area (Å²) in [5.74, 6) is 0.526. The molecule has 9 heteroatoms. The molecule has 1 aliphatic heterocycles. The molecule has 2 N–H and O–H groups in total. The van der Waals surface area contributed by atoms with Gasteiger partial charge in [0.25, 0.3) is 0 Å². The summed E-state index contributed by atoms with van der Waals surface area (Å²) in [6.45, 7) is 2.31. The third-order valence-electron chi connectivity index (χ3n) is 3.36. The highest BCUT2D eigenvalue weighted by atomic mass is 16.6. The third-order valence-corrected chi connectivity index (χ3v) is 3.36. The maximum atomic E-state index is 12.0. The Labute approximate surface area is 127 Å². The topological polar surface area (TPSA) is 105 Å². The van der Waals surface area contributed by atoms with Gasteiger partial charge >= 0.3 is 0 Å². The van der Waals surface area contributed by atoms with Crippen LogP contribution < -0.4 is 10.2 Å². The summed E-state index contributed by atoms with van der Waals surface area (Å²) in [6, 6.07) is 0. The minimum absolute atomic E-state index is 0.0821. The second-order valence-corrected chi connectivity index (χ2v) is 5.03. The molecule has 0 spiro atoms. The Morgan fingerprint density at radius 2 is 2.36 bits per heavy atom. The van der Waals surface area contributed by atoms with Gasteiger partial charge in [-0.15, -0.1) is 0 Å². The van der Waals surface area contributed by atoms with Crippen LogP contribution in [0.15, 0.2) is 12.7 Å². The minimum Gasteiger partial charge on any atom is -0.376 e. The number of hydrogen-bond donors (Lipinski definition) is 2. The van der Waals surface area contributed by atoms with Crippen LogP contribution in [-0.2, 0) is 14.3 Å². The maximum absolute atomic E-state index is 12.0. The molecule has 9 nitrogen and oxygen atoms in total. The van der Waals surface area contributed by atoms with E-state index in [0.717, 1.165) is 0 Å². The first kappa shape index (κ1) is 14.7. The zero-order valence-electron chi connectivity index (χ0n) is 12.3. The predicted molar refractivity (Wildman–Crippen MR) is 78.5 cm³/mol. The van der Waals surface area contributed by atoms with Crippen LogP contribution in [0.4, 0.5) is 5.82 Å². The van der Waals surface area contributed by atoms with Crippen molar-refractivity contribution >= 4 is 22.9 Å². The molecule has 0 aromatic carbocycles. The highest BCUT2D eigenvalue weighted by Crippen LogP contribution is 2.17. The van der Waals surface area contributed by atoms with Crippen LogP contribution >= 0.6 is 0 Å². The van der Waals surface area contributed by atoms with Crippen molar-refractivity contribution in [1.82, 2.24) is 25.3 Å². The molecule has 1 amide bonds. The lowest BCUT2D eigenvalue weighted by Gasteiger charge is -2.24. The van der Waals surface area contributed by atoms with Crippen LogP contribution in [0.25, 0.3) is 11.2 Å². The van der Waals surface area contributed by atoms with Crippen molar-refractivity contribution in [2.24, 2.45) is 0 Å².